The number of carbonyl (C=O) groups is 2. The van der Waals surface area contributed by atoms with Gasteiger partial charge in [0.15, 0.2) is 0 Å². The average Bonchev–Trinajstić information content (AvgIpc) is 3.04. The summed E-state index contributed by atoms with van der Waals surface area (Å²) in [4.78, 5) is 28.2. The SMILES string of the molecule is COc1ccc(NC2=C(c3ccc(C)cc3C)C(=O)N(c3ccc(OC)cc3)C2=O)cc1. The van der Waals surface area contributed by atoms with Crippen LogP contribution in [-0.2, 0) is 9.59 Å². The van der Waals surface area contributed by atoms with Crippen molar-refractivity contribution in [2.45, 2.75) is 13.8 Å². The first-order chi connectivity index (χ1) is 15.4. The van der Waals surface area contributed by atoms with Gasteiger partial charge < -0.3 is 14.8 Å². The fraction of sp³-hybridized carbons (Fsp3) is 0.154. The van der Waals surface area contributed by atoms with Gasteiger partial charge in [0.2, 0.25) is 0 Å². The van der Waals surface area contributed by atoms with Crippen molar-refractivity contribution in [2.75, 3.05) is 24.4 Å². The number of hydrogen-bond donors (Lipinski definition) is 1. The molecule has 162 valence electrons. The Morgan fingerprint density at radius 2 is 1.34 bits per heavy atom. The molecule has 4 rings (SSSR count). The van der Waals surface area contributed by atoms with E-state index < -0.39 is 5.91 Å². The largest absolute Gasteiger partial charge is 0.497 e. The lowest BCUT2D eigenvalue weighted by Gasteiger charge is -2.16. The number of methoxy groups -OCH3 is 2. The molecule has 32 heavy (non-hydrogen) atoms. The number of benzene rings is 3. The second-order valence-corrected chi connectivity index (χ2v) is 7.57. The maximum absolute atomic E-state index is 13.6. The number of amides is 2. The highest BCUT2D eigenvalue weighted by atomic mass is 16.5. The van der Waals surface area contributed by atoms with Crippen LogP contribution in [0, 0.1) is 13.8 Å². The Morgan fingerprint density at radius 3 is 1.91 bits per heavy atom. The molecule has 2 amide bonds. The molecule has 0 fully saturated rings. The minimum atomic E-state index is -0.411. The van der Waals surface area contributed by atoms with E-state index >= 15 is 0 Å². The summed E-state index contributed by atoms with van der Waals surface area (Å²) in [5.74, 6) is 0.564. The molecule has 1 N–H and O–H groups in total. The van der Waals surface area contributed by atoms with E-state index in [0.29, 0.717) is 28.4 Å². The fourth-order valence-electron chi connectivity index (χ4n) is 3.77. The minimum Gasteiger partial charge on any atom is -0.497 e. The van der Waals surface area contributed by atoms with Gasteiger partial charge in [-0.15, -0.1) is 0 Å². The van der Waals surface area contributed by atoms with Crippen molar-refractivity contribution in [1.82, 2.24) is 0 Å². The number of anilines is 2. The lowest BCUT2D eigenvalue weighted by molar-refractivity contribution is -0.120. The van der Waals surface area contributed by atoms with Crippen molar-refractivity contribution < 1.29 is 19.1 Å². The van der Waals surface area contributed by atoms with Gasteiger partial charge in [0.05, 0.1) is 25.5 Å². The summed E-state index contributed by atoms with van der Waals surface area (Å²) < 4.78 is 10.4. The number of ether oxygens (including phenoxy) is 2. The highest BCUT2D eigenvalue weighted by Gasteiger charge is 2.40. The van der Waals surface area contributed by atoms with Crippen molar-refractivity contribution in [3.63, 3.8) is 0 Å². The van der Waals surface area contributed by atoms with Crippen LogP contribution >= 0.6 is 0 Å². The number of nitrogens with zero attached hydrogens (tertiary/aromatic N) is 1. The predicted octanol–water partition coefficient (Wildman–Crippen LogP) is 4.72. The third-order valence-electron chi connectivity index (χ3n) is 5.43. The predicted molar refractivity (Wildman–Crippen MR) is 125 cm³/mol. The summed E-state index contributed by atoms with van der Waals surface area (Å²) in [6.45, 7) is 3.93. The number of carbonyl (C=O) groups excluding carboxylic acids is 2. The van der Waals surface area contributed by atoms with Gasteiger partial charge in [-0.25, -0.2) is 4.90 Å². The Labute approximate surface area is 187 Å². The molecule has 1 aliphatic rings. The van der Waals surface area contributed by atoms with Crippen molar-refractivity contribution in [3.05, 3.63) is 89.1 Å². The van der Waals surface area contributed by atoms with Gasteiger partial charge in [0.1, 0.15) is 17.2 Å². The van der Waals surface area contributed by atoms with Gasteiger partial charge in [0.25, 0.3) is 11.8 Å². The number of hydrogen-bond acceptors (Lipinski definition) is 5. The van der Waals surface area contributed by atoms with Crippen LogP contribution in [0.3, 0.4) is 0 Å². The molecule has 0 unspecified atom stereocenters. The fourth-order valence-corrected chi connectivity index (χ4v) is 3.77. The van der Waals surface area contributed by atoms with E-state index in [9.17, 15) is 9.59 Å². The Morgan fingerprint density at radius 1 is 0.750 bits per heavy atom. The topological polar surface area (TPSA) is 67.9 Å². The summed E-state index contributed by atoms with van der Waals surface area (Å²) in [5, 5.41) is 3.17. The standard InChI is InChI=1S/C26H24N2O4/c1-16-5-14-22(17(2)15-16)23-24(27-18-6-10-20(31-3)11-7-18)26(30)28(25(23)29)19-8-12-21(32-4)13-9-19/h5-15,27H,1-4H3. The third kappa shape index (κ3) is 3.83. The summed E-state index contributed by atoms with van der Waals surface area (Å²) >= 11 is 0. The molecule has 1 aliphatic heterocycles. The number of aryl methyl sites for hydroxylation is 2. The first-order valence-corrected chi connectivity index (χ1v) is 10.2. The highest BCUT2D eigenvalue weighted by Crippen LogP contribution is 2.36. The second kappa shape index (κ2) is 8.59. The molecule has 3 aromatic rings. The molecule has 0 spiro atoms. The Bertz CT molecular complexity index is 1210. The maximum Gasteiger partial charge on any atom is 0.282 e. The van der Waals surface area contributed by atoms with E-state index in [1.54, 1.807) is 62.8 Å². The van der Waals surface area contributed by atoms with Gasteiger partial charge >= 0.3 is 0 Å². The smallest absolute Gasteiger partial charge is 0.282 e. The molecule has 6 nitrogen and oxygen atoms in total. The third-order valence-corrected chi connectivity index (χ3v) is 5.43. The van der Waals surface area contributed by atoms with E-state index in [1.807, 2.05) is 32.0 Å². The van der Waals surface area contributed by atoms with Crippen molar-refractivity contribution in [1.29, 1.82) is 0 Å². The van der Waals surface area contributed by atoms with Crippen LogP contribution < -0.4 is 19.7 Å². The molecular formula is C26H24N2O4. The van der Waals surface area contributed by atoms with E-state index in [2.05, 4.69) is 5.32 Å². The van der Waals surface area contributed by atoms with Gasteiger partial charge in [0, 0.05) is 5.69 Å². The van der Waals surface area contributed by atoms with E-state index in [-0.39, 0.29) is 11.6 Å². The summed E-state index contributed by atoms with van der Waals surface area (Å²) in [5.41, 5.74) is 4.48. The number of imide groups is 1. The normalized spacial score (nSPS) is 13.6. The number of nitrogens with one attached hydrogen (secondary N) is 1. The molecular weight excluding hydrogens is 404 g/mol. The van der Waals surface area contributed by atoms with E-state index in [4.69, 9.17) is 9.47 Å². The van der Waals surface area contributed by atoms with Gasteiger partial charge in [-0.2, -0.15) is 0 Å². The van der Waals surface area contributed by atoms with Gasteiger partial charge in [-0.3, -0.25) is 9.59 Å². The summed E-state index contributed by atoms with van der Waals surface area (Å²) in [6.07, 6.45) is 0. The zero-order valence-corrected chi connectivity index (χ0v) is 18.4. The molecule has 0 saturated heterocycles. The molecule has 3 aromatic carbocycles. The quantitative estimate of drug-likeness (QED) is 0.576. The summed E-state index contributed by atoms with van der Waals surface area (Å²) in [7, 11) is 3.16. The van der Waals surface area contributed by atoms with Crippen LogP contribution in [0.15, 0.2) is 72.4 Å². The summed E-state index contributed by atoms with van der Waals surface area (Å²) in [6, 6.07) is 19.9. The second-order valence-electron chi connectivity index (χ2n) is 7.57. The lowest BCUT2D eigenvalue weighted by Crippen LogP contribution is -2.32. The molecule has 0 radical (unpaired) electrons. The zero-order valence-electron chi connectivity index (χ0n) is 18.4. The van der Waals surface area contributed by atoms with Crippen molar-refractivity contribution in [3.8, 4) is 11.5 Å². The van der Waals surface area contributed by atoms with Crippen molar-refractivity contribution in [2.24, 2.45) is 0 Å². The molecule has 0 bridgehead atoms. The Kier molecular flexibility index (Phi) is 5.69. The van der Waals surface area contributed by atoms with Crippen molar-refractivity contribution >= 4 is 28.8 Å². The number of rotatable bonds is 6. The van der Waals surface area contributed by atoms with E-state index in [0.717, 1.165) is 16.7 Å². The van der Waals surface area contributed by atoms with Gasteiger partial charge in [-0.05, 0) is 73.5 Å². The van der Waals surface area contributed by atoms with Crippen LogP contribution in [0.4, 0.5) is 11.4 Å². The van der Waals surface area contributed by atoms with Crippen LogP contribution in [0.1, 0.15) is 16.7 Å². The monoisotopic (exact) mass is 428 g/mol. The average molecular weight is 428 g/mol. The molecule has 0 aliphatic carbocycles. The highest BCUT2D eigenvalue weighted by molar-refractivity contribution is 6.46. The molecule has 6 heteroatoms. The Hall–Kier alpha value is -4.06. The first-order valence-electron chi connectivity index (χ1n) is 10.2. The Balaban J connectivity index is 1.80. The van der Waals surface area contributed by atoms with E-state index in [1.165, 1.54) is 4.90 Å². The zero-order chi connectivity index (χ0) is 22.8. The van der Waals surface area contributed by atoms with Crippen LogP contribution in [-0.4, -0.2) is 26.0 Å². The first kappa shape index (κ1) is 21.2. The molecule has 0 saturated carbocycles. The maximum atomic E-state index is 13.6. The van der Waals surface area contributed by atoms with Crippen LogP contribution in [0.25, 0.3) is 5.57 Å². The van der Waals surface area contributed by atoms with Crippen LogP contribution in [0.5, 0.6) is 11.5 Å². The lowest BCUT2D eigenvalue weighted by atomic mass is 9.97. The molecule has 0 atom stereocenters. The minimum absolute atomic E-state index is 0.239. The molecule has 1 heterocycles. The molecule has 0 aromatic heterocycles. The van der Waals surface area contributed by atoms with Gasteiger partial charge in [-0.1, -0.05) is 23.8 Å². The van der Waals surface area contributed by atoms with Crippen LogP contribution in [0.2, 0.25) is 0 Å².